The van der Waals surface area contributed by atoms with Crippen LogP contribution in [0, 0.1) is 5.82 Å². The van der Waals surface area contributed by atoms with Crippen LogP contribution in [-0.4, -0.2) is 19.8 Å². The highest BCUT2D eigenvalue weighted by Gasteiger charge is 2.12. The molecule has 0 heterocycles. The highest BCUT2D eigenvalue weighted by atomic mass is 79.9. The van der Waals surface area contributed by atoms with Crippen molar-refractivity contribution in [3.8, 4) is 0 Å². The first-order chi connectivity index (χ1) is 8.19. The second-order valence-electron chi connectivity index (χ2n) is 3.84. The summed E-state index contributed by atoms with van der Waals surface area (Å²) in [6.45, 7) is 6.30. The Hall–Kier alpha value is -0.450. The van der Waals surface area contributed by atoms with Crippen LogP contribution in [0.2, 0.25) is 0 Å². The standard InChI is InChI=1S/C13H19BrFNO/c1-3-7-16-13(9-17-4-2)10-5-6-12(15)11(14)8-10/h5-6,8,13,16H,3-4,7,9H2,1-2H3. The summed E-state index contributed by atoms with van der Waals surface area (Å²) in [5, 5.41) is 3.40. The maximum Gasteiger partial charge on any atom is 0.137 e. The van der Waals surface area contributed by atoms with Gasteiger partial charge in [-0.25, -0.2) is 4.39 Å². The molecule has 1 aromatic carbocycles. The van der Waals surface area contributed by atoms with E-state index in [4.69, 9.17) is 4.74 Å². The topological polar surface area (TPSA) is 21.3 Å². The molecule has 0 saturated carbocycles. The number of nitrogens with one attached hydrogen (secondary N) is 1. The molecule has 0 bridgehead atoms. The zero-order valence-corrected chi connectivity index (χ0v) is 11.9. The summed E-state index contributed by atoms with van der Waals surface area (Å²) >= 11 is 3.21. The van der Waals surface area contributed by atoms with E-state index < -0.39 is 0 Å². The minimum Gasteiger partial charge on any atom is -0.380 e. The first-order valence-corrected chi connectivity index (χ1v) is 6.74. The molecule has 1 aromatic rings. The smallest absolute Gasteiger partial charge is 0.137 e. The van der Waals surface area contributed by atoms with Crippen LogP contribution >= 0.6 is 15.9 Å². The molecule has 0 aliphatic rings. The van der Waals surface area contributed by atoms with Gasteiger partial charge in [-0.15, -0.1) is 0 Å². The lowest BCUT2D eigenvalue weighted by Crippen LogP contribution is -2.26. The molecule has 0 radical (unpaired) electrons. The third kappa shape index (κ3) is 4.74. The molecule has 0 amide bonds. The maximum absolute atomic E-state index is 13.2. The van der Waals surface area contributed by atoms with Gasteiger partial charge < -0.3 is 10.1 Å². The van der Waals surface area contributed by atoms with Crippen molar-refractivity contribution in [2.45, 2.75) is 26.3 Å². The van der Waals surface area contributed by atoms with Crippen molar-refractivity contribution in [1.29, 1.82) is 0 Å². The molecular weight excluding hydrogens is 285 g/mol. The van der Waals surface area contributed by atoms with Gasteiger partial charge in [0.15, 0.2) is 0 Å². The van der Waals surface area contributed by atoms with Gasteiger partial charge in [0, 0.05) is 6.61 Å². The zero-order valence-electron chi connectivity index (χ0n) is 10.3. The average molecular weight is 304 g/mol. The van der Waals surface area contributed by atoms with Crippen molar-refractivity contribution in [3.63, 3.8) is 0 Å². The summed E-state index contributed by atoms with van der Waals surface area (Å²) < 4.78 is 19.1. The van der Waals surface area contributed by atoms with E-state index in [-0.39, 0.29) is 11.9 Å². The fourth-order valence-corrected chi connectivity index (χ4v) is 1.95. The van der Waals surface area contributed by atoms with Gasteiger partial charge in [0.05, 0.1) is 17.1 Å². The van der Waals surface area contributed by atoms with Crippen molar-refractivity contribution < 1.29 is 9.13 Å². The van der Waals surface area contributed by atoms with Gasteiger partial charge in [-0.3, -0.25) is 0 Å². The second-order valence-corrected chi connectivity index (χ2v) is 4.69. The molecule has 1 unspecified atom stereocenters. The first-order valence-electron chi connectivity index (χ1n) is 5.95. The van der Waals surface area contributed by atoms with Crippen LogP contribution in [0.4, 0.5) is 4.39 Å². The lowest BCUT2D eigenvalue weighted by atomic mass is 10.1. The quantitative estimate of drug-likeness (QED) is 0.830. The van der Waals surface area contributed by atoms with Gasteiger partial charge >= 0.3 is 0 Å². The number of hydrogen-bond acceptors (Lipinski definition) is 2. The zero-order chi connectivity index (χ0) is 12.7. The van der Waals surface area contributed by atoms with Gasteiger partial charge in [-0.05, 0) is 53.5 Å². The lowest BCUT2D eigenvalue weighted by Gasteiger charge is -2.19. The molecule has 1 N–H and O–H groups in total. The third-order valence-electron chi connectivity index (χ3n) is 2.48. The Labute approximate surface area is 111 Å². The van der Waals surface area contributed by atoms with Gasteiger partial charge in [-0.2, -0.15) is 0 Å². The van der Waals surface area contributed by atoms with Gasteiger partial charge in [0.25, 0.3) is 0 Å². The van der Waals surface area contributed by atoms with Crippen LogP contribution < -0.4 is 5.32 Å². The Morgan fingerprint density at radius 3 is 2.76 bits per heavy atom. The SMILES string of the molecule is CCCNC(COCC)c1ccc(F)c(Br)c1. The number of rotatable bonds is 7. The predicted molar refractivity (Wildman–Crippen MR) is 71.6 cm³/mol. The van der Waals surface area contributed by atoms with Crippen molar-refractivity contribution in [2.75, 3.05) is 19.8 Å². The molecule has 0 fully saturated rings. The van der Waals surface area contributed by atoms with Crippen molar-refractivity contribution in [2.24, 2.45) is 0 Å². The van der Waals surface area contributed by atoms with Crippen LogP contribution in [0.5, 0.6) is 0 Å². The molecule has 17 heavy (non-hydrogen) atoms. The number of halogens is 2. The van der Waals surface area contributed by atoms with Crippen LogP contribution in [0.25, 0.3) is 0 Å². The highest BCUT2D eigenvalue weighted by molar-refractivity contribution is 9.10. The van der Waals surface area contributed by atoms with Gasteiger partial charge in [-0.1, -0.05) is 13.0 Å². The summed E-state index contributed by atoms with van der Waals surface area (Å²) in [5.74, 6) is -0.237. The Balaban J connectivity index is 2.75. The molecule has 4 heteroatoms. The number of hydrogen-bond donors (Lipinski definition) is 1. The average Bonchev–Trinajstić information content (AvgIpc) is 2.33. The maximum atomic E-state index is 13.2. The van der Waals surface area contributed by atoms with E-state index >= 15 is 0 Å². The van der Waals surface area contributed by atoms with E-state index in [0.717, 1.165) is 18.5 Å². The monoisotopic (exact) mass is 303 g/mol. The molecule has 0 aliphatic carbocycles. The highest BCUT2D eigenvalue weighted by Crippen LogP contribution is 2.21. The fraction of sp³-hybridized carbons (Fsp3) is 0.538. The summed E-state index contributed by atoms with van der Waals surface area (Å²) in [4.78, 5) is 0. The van der Waals surface area contributed by atoms with E-state index in [2.05, 4.69) is 28.2 Å². The van der Waals surface area contributed by atoms with E-state index in [1.807, 2.05) is 13.0 Å². The van der Waals surface area contributed by atoms with Crippen LogP contribution in [-0.2, 0) is 4.74 Å². The third-order valence-corrected chi connectivity index (χ3v) is 3.08. The summed E-state index contributed by atoms with van der Waals surface area (Å²) in [6, 6.07) is 5.20. The van der Waals surface area contributed by atoms with Crippen LogP contribution in [0.1, 0.15) is 31.9 Å². The first kappa shape index (κ1) is 14.6. The molecule has 0 spiro atoms. The molecule has 2 nitrogen and oxygen atoms in total. The van der Waals surface area contributed by atoms with E-state index in [1.165, 1.54) is 6.07 Å². The lowest BCUT2D eigenvalue weighted by molar-refractivity contribution is 0.123. The van der Waals surface area contributed by atoms with Crippen molar-refractivity contribution in [1.82, 2.24) is 5.32 Å². The number of ether oxygens (including phenoxy) is 1. The Morgan fingerprint density at radius 1 is 1.41 bits per heavy atom. The second kappa shape index (κ2) is 7.80. The van der Waals surface area contributed by atoms with Gasteiger partial charge in [0.1, 0.15) is 5.82 Å². The molecule has 0 aliphatic heterocycles. The predicted octanol–water partition coefficient (Wildman–Crippen LogP) is 3.67. The minimum absolute atomic E-state index is 0.117. The summed E-state index contributed by atoms with van der Waals surface area (Å²) in [5.41, 5.74) is 1.04. The largest absolute Gasteiger partial charge is 0.380 e. The number of benzene rings is 1. The Bertz CT molecular complexity index is 338. The molecule has 1 atom stereocenters. The molecule has 96 valence electrons. The Kier molecular flexibility index (Phi) is 6.70. The molecule has 1 rings (SSSR count). The fourth-order valence-electron chi connectivity index (χ4n) is 1.56. The Morgan fingerprint density at radius 2 is 2.18 bits per heavy atom. The van der Waals surface area contributed by atoms with E-state index in [1.54, 1.807) is 6.07 Å². The normalized spacial score (nSPS) is 12.7. The van der Waals surface area contributed by atoms with Gasteiger partial charge in [0.2, 0.25) is 0 Å². The van der Waals surface area contributed by atoms with E-state index in [9.17, 15) is 4.39 Å². The molecule has 0 aromatic heterocycles. The minimum atomic E-state index is -0.237. The van der Waals surface area contributed by atoms with Crippen molar-refractivity contribution in [3.05, 3.63) is 34.1 Å². The van der Waals surface area contributed by atoms with Crippen LogP contribution in [0.3, 0.4) is 0 Å². The van der Waals surface area contributed by atoms with E-state index in [0.29, 0.717) is 17.7 Å². The molecular formula is C13H19BrFNO. The van der Waals surface area contributed by atoms with Crippen molar-refractivity contribution >= 4 is 15.9 Å². The molecule has 0 saturated heterocycles. The van der Waals surface area contributed by atoms with Crippen LogP contribution in [0.15, 0.2) is 22.7 Å². The summed E-state index contributed by atoms with van der Waals surface area (Å²) in [7, 11) is 0. The summed E-state index contributed by atoms with van der Waals surface area (Å²) in [6.07, 6.45) is 1.06.